The summed E-state index contributed by atoms with van der Waals surface area (Å²) in [5.41, 5.74) is 2.95. The number of esters is 1. The van der Waals surface area contributed by atoms with Crippen molar-refractivity contribution < 1.29 is 13.9 Å². The predicted octanol–water partition coefficient (Wildman–Crippen LogP) is 3.22. The molecule has 1 aromatic carbocycles. The zero-order chi connectivity index (χ0) is 15.6. The van der Waals surface area contributed by atoms with E-state index in [0.29, 0.717) is 10.0 Å². The highest BCUT2D eigenvalue weighted by Crippen LogP contribution is 2.17. The maximum Gasteiger partial charge on any atom is 0.310 e. The zero-order valence-corrected chi connectivity index (χ0v) is 13.7. The van der Waals surface area contributed by atoms with Gasteiger partial charge in [0.05, 0.1) is 12.1 Å². The standard InChI is InChI=1S/C15H16BrFN2O2/c1-9-13(10(2)19(3)18-9)7-15(20)21-8-11-4-5-12(16)6-14(11)17/h4-6H,7-8H2,1-3H3. The smallest absolute Gasteiger partial charge is 0.310 e. The van der Waals surface area contributed by atoms with Gasteiger partial charge in [-0.15, -0.1) is 0 Å². The maximum atomic E-state index is 13.6. The van der Waals surface area contributed by atoms with Crippen molar-refractivity contribution in [1.29, 1.82) is 0 Å². The maximum absolute atomic E-state index is 13.6. The average Bonchev–Trinajstić information content (AvgIpc) is 2.64. The molecule has 0 N–H and O–H groups in total. The summed E-state index contributed by atoms with van der Waals surface area (Å²) in [6.07, 6.45) is 0.143. The Kier molecular flexibility index (Phi) is 4.77. The van der Waals surface area contributed by atoms with Crippen LogP contribution in [0.3, 0.4) is 0 Å². The van der Waals surface area contributed by atoms with Gasteiger partial charge in [0.2, 0.25) is 0 Å². The minimum Gasteiger partial charge on any atom is -0.460 e. The minimum absolute atomic E-state index is 0.0731. The molecule has 0 aliphatic rings. The summed E-state index contributed by atoms with van der Waals surface area (Å²) >= 11 is 3.18. The van der Waals surface area contributed by atoms with Crippen LogP contribution in [0.5, 0.6) is 0 Å². The van der Waals surface area contributed by atoms with E-state index in [0.717, 1.165) is 17.0 Å². The van der Waals surface area contributed by atoms with Crippen LogP contribution in [0, 0.1) is 19.7 Å². The second-order valence-electron chi connectivity index (χ2n) is 4.85. The zero-order valence-electron chi connectivity index (χ0n) is 12.1. The van der Waals surface area contributed by atoms with E-state index in [4.69, 9.17) is 4.74 Å². The third-order valence-corrected chi connectivity index (χ3v) is 3.88. The summed E-state index contributed by atoms with van der Waals surface area (Å²) in [7, 11) is 1.83. The molecule has 0 saturated heterocycles. The van der Waals surface area contributed by atoms with Crippen molar-refractivity contribution in [3.05, 3.63) is 51.0 Å². The molecule has 4 nitrogen and oxygen atoms in total. The Labute approximate surface area is 131 Å². The summed E-state index contributed by atoms with van der Waals surface area (Å²) in [6.45, 7) is 3.68. The van der Waals surface area contributed by atoms with Crippen LogP contribution in [0.4, 0.5) is 4.39 Å². The SMILES string of the molecule is Cc1nn(C)c(C)c1CC(=O)OCc1ccc(Br)cc1F. The average molecular weight is 355 g/mol. The molecule has 21 heavy (non-hydrogen) atoms. The molecule has 0 aliphatic carbocycles. The molecule has 0 atom stereocenters. The fourth-order valence-electron chi connectivity index (χ4n) is 2.07. The second kappa shape index (κ2) is 6.39. The second-order valence-corrected chi connectivity index (χ2v) is 5.76. The molecule has 0 radical (unpaired) electrons. The van der Waals surface area contributed by atoms with E-state index >= 15 is 0 Å². The van der Waals surface area contributed by atoms with Crippen LogP contribution in [0.25, 0.3) is 0 Å². The van der Waals surface area contributed by atoms with Crippen LogP contribution in [0.15, 0.2) is 22.7 Å². The van der Waals surface area contributed by atoms with E-state index < -0.39 is 11.8 Å². The van der Waals surface area contributed by atoms with Gasteiger partial charge in [0.15, 0.2) is 0 Å². The lowest BCUT2D eigenvalue weighted by Gasteiger charge is -2.07. The van der Waals surface area contributed by atoms with Crippen LogP contribution < -0.4 is 0 Å². The predicted molar refractivity (Wildman–Crippen MR) is 80.3 cm³/mol. The molecule has 0 saturated carbocycles. The Morgan fingerprint density at radius 1 is 1.43 bits per heavy atom. The molecular formula is C15H16BrFN2O2. The van der Waals surface area contributed by atoms with Crippen molar-refractivity contribution in [2.75, 3.05) is 0 Å². The van der Waals surface area contributed by atoms with E-state index in [-0.39, 0.29) is 13.0 Å². The lowest BCUT2D eigenvalue weighted by molar-refractivity contribution is -0.144. The molecule has 0 fully saturated rings. The number of aryl methyl sites for hydroxylation is 2. The molecule has 0 aliphatic heterocycles. The van der Waals surface area contributed by atoms with Crippen LogP contribution in [0.2, 0.25) is 0 Å². The van der Waals surface area contributed by atoms with Gasteiger partial charge in [-0.25, -0.2) is 4.39 Å². The number of halogens is 2. The summed E-state index contributed by atoms with van der Waals surface area (Å²) < 4.78 is 21.1. The number of carbonyl (C=O) groups is 1. The molecule has 0 unspecified atom stereocenters. The number of rotatable bonds is 4. The topological polar surface area (TPSA) is 44.1 Å². The van der Waals surface area contributed by atoms with E-state index in [9.17, 15) is 9.18 Å². The number of hydrogen-bond acceptors (Lipinski definition) is 3. The van der Waals surface area contributed by atoms with E-state index in [1.54, 1.807) is 16.8 Å². The van der Waals surface area contributed by atoms with Gasteiger partial charge in [-0.3, -0.25) is 9.48 Å². The Bertz CT molecular complexity index is 683. The molecule has 0 bridgehead atoms. The Morgan fingerprint density at radius 3 is 2.71 bits per heavy atom. The number of nitrogens with zero attached hydrogens (tertiary/aromatic N) is 2. The lowest BCUT2D eigenvalue weighted by Crippen LogP contribution is -2.10. The molecule has 0 spiro atoms. The van der Waals surface area contributed by atoms with Crippen molar-refractivity contribution in [2.24, 2.45) is 7.05 Å². The van der Waals surface area contributed by atoms with E-state index in [1.165, 1.54) is 6.07 Å². The number of benzene rings is 1. The van der Waals surface area contributed by atoms with Gasteiger partial charge < -0.3 is 4.74 Å². The summed E-state index contributed by atoms with van der Waals surface area (Å²) in [5, 5.41) is 4.25. The van der Waals surface area contributed by atoms with Gasteiger partial charge >= 0.3 is 5.97 Å². The monoisotopic (exact) mass is 354 g/mol. The molecule has 6 heteroatoms. The highest BCUT2D eigenvalue weighted by molar-refractivity contribution is 9.10. The van der Waals surface area contributed by atoms with Gasteiger partial charge in [0.25, 0.3) is 0 Å². The highest BCUT2D eigenvalue weighted by atomic mass is 79.9. The van der Waals surface area contributed by atoms with Crippen LogP contribution in [0.1, 0.15) is 22.5 Å². The van der Waals surface area contributed by atoms with E-state index in [2.05, 4.69) is 21.0 Å². The number of hydrogen-bond donors (Lipinski definition) is 0. The first-order valence-electron chi connectivity index (χ1n) is 6.47. The van der Waals surface area contributed by atoms with Gasteiger partial charge in [-0.2, -0.15) is 5.10 Å². The van der Waals surface area contributed by atoms with Crippen molar-refractivity contribution in [2.45, 2.75) is 26.9 Å². The molecule has 1 aromatic heterocycles. The fraction of sp³-hybridized carbons (Fsp3) is 0.333. The molecular weight excluding hydrogens is 339 g/mol. The van der Waals surface area contributed by atoms with Gasteiger partial charge in [-0.05, 0) is 26.0 Å². The largest absolute Gasteiger partial charge is 0.460 e. The lowest BCUT2D eigenvalue weighted by atomic mass is 10.1. The molecule has 0 amide bonds. The Morgan fingerprint density at radius 2 is 2.14 bits per heavy atom. The normalized spacial score (nSPS) is 10.7. The van der Waals surface area contributed by atoms with Crippen LogP contribution in [-0.2, 0) is 29.6 Å². The molecule has 112 valence electrons. The van der Waals surface area contributed by atoms with Gasteiger partial charge in [-0.1, -0.05) is 22.0 Å². The first-order chi connectivity index (χ1) is 9.88. The molecule has 1 heterocycles. The number of aromatic nitrogens is 2. The van der Waals surface area contributed by atoms with Crippen molar-refractivity contribution in [3.63, 3.8) is 0 Å². The number of ether oxygens (including phenoxy) is 1. The minimum atomic E-state index is -0.397. The third kappa shape index (κ3) is 3.69. The fourth-order valence-corrected chi connectivity index (χ4v) is 2.40. The van der Waals surface area contributed by atoms with E-state index in [1.807, 2.05) is 20.9 Å². The van der Waals surface area contributed by atoms with Gasteiger partial charge in [0, 0.05) is 28.3 Å². The molecule has 2 aromatic rings. The highest BCUT2D eigenvalue weighted by Gasteiger charge is 2.15. The Hall–Kier alpha value is -1.69. The van der Waals surface area contributed by atoms with Gasteiger partial charge in [0.1, 0.15) is 12.4 Å². The summed E-state index contributed by atoms with van der Waals surface area (Å²) in [6, 6.07) is 4.65. The first kappa shape index (κ1) is 15.7. The summed E-state index contributed by atoms with van der Waals surface area (Å²) in [5.74, 6) is -0.789. The quantitative estimate of drug-likeness (QED) is 0.791. The van der Waals surface area contributed by atoms with Crippen LogP contribution in [-0.4, -0.2) is 15.7 Å². The molecule has 2 rings (SSSR count). The van der Waals surface area contributed by atoms with Crippen LogP contribution >= 0.6 is 15.9 Å². The Balaban J connectivity index is 1.99. The summed E-state index contributed by atoms with van der Waals surface area (Å²) in [4.78, 5) is 11.9. The van der Waals surface area contributed by atoms with Crippen molar-refractivity contribution >= 4 is 21.9 Å². The third-order valence-electron chi connectivity index (χ3n) is 3.38. The van der Waals surface area contributed by atoms with Crippen molar-refractivity contribution in [1.82, 2.24) is 9.78 Å². The number of carbonyl (C=O) groups excluding carboxylic acids is 1. The van der Waals surface area contributed by atoms with Crippen molar-refractivity contribution in [3.8, 4) is 0 Å². The first-order valence-corrected chi connectivity index (χ1v) is 7.26.